The Labute approximate surface area is 157 Å². The largest absolute Gasteiger partial charge is 0.479 e. The molecule has 0 heterocycles. The number of likely N-dealkylation sites (N-methyl/N-ethyl adjacent to an activating group) is 1. The molecule has 0 aliphatic carbocycles. The quantitative estimate of drug-likeness (QED) is 0.341. The van der Waals surface area contributed by atoms with Crippen LogP contribution in [0.1, 0.15) is 11.1 Å². The summed E-state index contributed by atoms with van der Waals surface area (Å²) in [4.78, 5) is 12.6. The molecular weight excluding hydrogens is 369 g/mol. The topological polar surface area (TPSA) is 126 Å². The van der Waals surface area contributed by atoms with Crippen LogP contribution in [0.3, 0.4) is 0 Å². The van der Waals surface area contributed by atoms with Crippen LogP contribution in [0.15, 0.2) is 60.7 Å². The molecule has 9 heteroatoms. The second kappa shape index (κ2) is 9.32. The van der Waals surface area contributed by atoms with E-state index in [4.69, 9.17) is 20.2 Å². The fraction of sp³-hybridized carbons (Fsp3) is 0.222. The molecule has 8 nitrogen and oxygen atoms in total. The predicted molar refractivity (Wildman–Crippen MR) is 101 cm³/mol. The number of benzene rings is 2. The van der Waals surface area contributed by atoms with Gasteiger partial charge in [-0.3, -0.25) is 9.97 Å². The van der Waals surface area contributed by atoms with E-state index >= 15 is 0 Å². The van der Waals surface area contributed by atoms with E-state index in [0.717, 1.165) is 4.90 Å². The molecule has 1 atom stereocenters. The van der Waals surface area contributed by atoms with Crippen molar-refractivity contribution in [2.75, 3.05) is 7.05 Å². The minimum atomic E-state index is -4.22. The molecule has 0 aliphatic heterocycles. The molecular formula is C18H22N3O5P. The molecule has 0 aliphatic rings. The highest BCUT2D eigenvalue weighted by Gasteiger charge is 2.45. The maximum absolute atomic E-state index is 13.4. The number of nitrogens with one attached hydrogen (secondary N) is 1. The number of aliphatic carboxylic acids is 1. The van der Waals surface area contributed by atoms with Gasteiger partial charge in [-0.15, -0.1) is 0 Å². The summed E-state index contributed by atoms with van der Waals surface area (Å²) < 4.78 is 24.4. The zero-order chi connectivity index (χ0) is 19.9. The van der Waals surface area contributed by atoms with Gasteiger partial charge in [0.1, 0.15) is 0 Å². The minimum Gasteiger partial charge on any atom is -0.479 e. The number of nitrogens with zero attached hydrogens (tertiary/aromatic N) is 1. The van der Waals surface area contributed by atoms with Gasteiger partial charge >= 0.3 is 13.6 Å². The Morgan fingerprint density at radius 1 is 1.07 bits per heavy atom. The molecule has 0 saturated heterocycles. The number of carboxylic acids is 1. The first-order valence-corrected chi connectivity index (χ1v) is 9.71. The van der Waals surface area contributed by atoms with E-state index in [2.05, 4.69) is 0 Å². The van der Waals surface area contributed by atoms with Crippen molar-refractivity contribution in [1.82, 2.24) is 4.90 Å². The lowest BCUT2D eigenvalue weighted by atomic mass is 10.2. The van der Waals surface area contributed by atoms with Crippen LogP contribution >= 0.6 is 7.60 Å². The number of rotatable bonds is 9. The third-order valence-electron chi connectivity index (χ3n) is 3.78. The first-order chi connectivity index (χ1) is 12.8. The van der Waals surface area contributed by atoms with Crippen LogP contribution in [-0.4, -0.2) is 34.8 Å². The molecule has 1 unspecified atom stereocenters. The summed E-state index contributed by atoms with van der Waals surface area (Å²) in [5, 5.41) is 17.1. The zero-order valence-electron chi connectivity index (χ0n) is 14.8. The second-order valence-electron chi connectivity index (χ2n) is 5.77. The van der Waals surface area contributed by atoms with E-state index < -0.39 is 25.3 Å². The van der Waals surface area contributed by atoms with Crippen molar-refractivity contribution in [1.29, 1.82) is 5.41 Å². The number of carboxylic acid groups (broad SMARTS) is 1. The Hall–Kier alpha value is -2.67. The smallest absolute Gasteiger partial charge is 0.365 e. The number of carbonyl (C=O) groups is 1. The summed E-state index contributed by atoms with van der Waals surface area (Å²) in [7, 11) is -2.97. The first-order valence-electron chi connectivity index (χ1n) is 8.10. The van der Waals surface area contributed by atoms with E-state index in [1.54, 1.807) is 48.5 Å². The molecule has 0 aromatic heterocycles. The molecule has 0 fully saturated rings. The summed E-state index contributed by atoms with van der Waals surface area (Å²) in [5.74, 6) is -3.77. The van der Waals surface area contributed by atoms with Crippen LogP contribution in [-0.2, 0) is 31.6 Å². The van der Waals surface area contributed by atoms with Gasteiger partial charge in [0.05, 0.1) is 13.2 Å². The average Bonchev–Trinajstić information content (AvgIpc) is 2.66. The predicted octanol–water partition coefficient (Wildman–Crippen LogP) is 2.85. The number of guanidine groups is 1. The van der Waals surface area contributed by atoms with E-state index in [9.17, 15) is 14.5 Å². The number of nitrogens with two attached hydrogens (primary N) is 1. The second-order valence-corrected chi connectivity index (χ2v) is 7.85. The van der Waals surface area contributed by atoms with Crippen molar-refractivity contribution in [3.05, 3.63) is 71.8 Å². The third-order valence-corrected chi connectivity index (χ3v) is 5.92. The first kappa shape index (κ1) is 20.6. The van der Waals surface area contributed by atoms with Gasteiger partial charge in [0.15, 0.2) is 5.96 Å². The van der Waals surface area contributed by atoms with Crippen molar-refractivity contribution in [3.63, 3.8) is 0 Å². The maximum atomic E-state index is 13.4. The van der Waals surface area contributed by atoms with Crippen molar-refractivity contribution in [3.8, 4) is 0 Å². The van der Waals surface area contributed by atoms with E-state index in [1.807, 2.05) is 12.1 Å². The van der Waals surface area contributed by atoms with Crippen LogP contribution in [0, 0.1) is 5.41 Å². The van der Waals surface area contributed by atoms with Gasteiger partial charge < -0.3 is 24.8 Å². The molecule has 0 spiro atoms. The SMILES string of the molecule is CN(C(=N)N)C(C(=O)O)P(=O)(OCc1ccccc1)OCc1ccccc1. The van der Waals surface area contributed by atoms with Crippen LogP contribution in [0.5, 0.6) is 0 Å². The van der Waals surface area contributed by atoms with Crippen molar-refractivity contribution in [2.24, 2.45) is 5.73 Å². The summed E-state index contributed by atoms with van der Waals surface area (Å²) in [6.07, 6.45) is 0. The Bertz CT molecular complexity index is 769. The van der Waals surface area contributed by atoms with Crippen molar-refractivity contribution < 1.29 is 23.5 Å². The Morgan fingerprint density at radius 3 is 1.81 bits per heavy atom. The Morgan fingerprint density at radius 2 is 1.48 bits per heavy atom. The molecule has 4 N–H and O–H groups in total. The molecule has 2 aromatic rings. The van der Waals surface area contributed by atoms with Gasteiger partial charge in [-0.05, 0) is 11.1 Å². The fourth-order valence-electron chi connectivity index (χ4n) is 2.30. The molecule has 2 rings (SSSR count). The normalized spacial score (nSPS) is 12.3. The van der Waals surface area contributed by atoms with Crippen molar-refractivity contribution >= 4 is 19.5 Å². The zero-order valence-corrected chi connectivity index (χ0v) is 15.7. The van der Waals surface area contributed by atoms with Crippen LogP contribution in [0.4, 0.5) is 0 Å². The highest BCUT2D eigenvalue weighted by Crippen LogP contribution is 2.55. The summed E-state index contributed by atoms with van der Waals surface area (Å²) in [6, 6.07) is 17.8. The van der Waals surface area contributed by atoms with Crippen LogP contribution < -0.4 is 5.73 Å². The Balaban J connectivity index is 2.28. The van der Waals surface area contributed by atoms with Gasteiger partial charge in [0, 0.05) is 7.05 Å². The molecule has 0 saturated carbocycles. The molecule has 144 valence electrons. The molecule has 27 heavy (non-hydrogen) atoms. The van der Waals surface area contributed by atoms with Crippen LogP contribution in [0.2, 0.25) is 0 Å². The molecule has 0 bridgehead atoms. The van der Waals surface area contributed by atoms with Gasteiger partial charge in [0.2, 0.25) is 5.78 Å². The Kier molecular flexibility index (Phi) is 7.12. The van der Waals surface area contributed by atoms with Crippen molar-refractivity contribution in [2.45, 2.75) is 19.0 Å². The fourth-order valence-corrected chi connectivity index (χ4v) is 4.13. The summed E-state index contributed by atoms with van der Waals surface area (Å²) >= 11 is 0. The summed E-state index contributed by atoms with van der Waals surface area (Å²) in [6.45, 7) is -0.217. The average molecular weight is 391 g/mol. The highest BCUT2D eigenvalue weighted by atomic mass is 31.2. The number of hydrogen-bond acceptors (Lipinski definition) is 5. The highest BCUT2D eigenvalue weighted by molar-refractivity contribution is 7.55. The maximum Gasteiger partial charge on any atom is 0.365 e. The van der Waals surface area contributed by atoms with Crippen LogP contribution in [0.25, 0.3) is 0 Å². The lowest BCUT2D eigenvalue weighted by Crippen LogP contribution is -2.46. The standard InChI is InChI=1S/C18H22N3O5P/c1-21(18(19)20)16(17(22)23)27(24,25-12-14-8-4-2-5-9-14)26-13-15-10-6-3-7-11-15/h2-11,16H,12-13H2,1H3,(H3,19,20)(H,22,23). The van der Waals surface area contributed by atoms with Gasteiger partial charge in [-0.25, -0.2) is 4.79 Å². The monoisotopic (exact) mass is 391 g/mol. The lowest BCUT2D eigenvalue weighted by Gasteiger charge is -2.30. The van der Waals surface area contributed by atoms with E-state index in [0.29, 0.717) is 11.1 Å². The third kappa shape index (κ3) is 5.65. The molecule has 0 radical (unpaired) electrons. The van der Waals surface area contributed by atoms with E-state index in [-0.39, 0.29) is 13.2 Å². The van der Waals surface area contributed by atoms with Gasteiger partial charge in [0.25, 0.3) is 0 Å². The summed E-state index contributed by atoms with van der Waals surface area (Å²) in [5.41, 5.74) is 6.81. The van der Waals surface area contributed by atoms with Gasteiger partial charge in [-0.1, -0.05) is 60.7 Å². The number of hydrogen-bond donors (Lipinski definition) is 3. The lowest BCUT2D eigenvalue weighted by molar-refractivity contribution is -0.139. The minimum absolute atomic E-state index is 0.109. The van der Waals surface area contributed by atoms with E-state index in [1.165, 1.54) is 7.05 Å². The van der Waals surface area contributed by atoms with Gasteiger partial charge in [-0.2, -0.15) is 0 Å². The molecule has 2 aromatic carbocycles. The molecule has 0 amide bonds.